The molecule has 0 saturated carbocycles. The fraction of sp³-hybridized carbons (Fsp3) is 0.133. The minimum Gasteiger partial charge on any atom is -0.399 e. The monoisotopic (exact) mass is 254 g/mol. The van der Waals surface area contributed by atoms with Crippen LogP contribution in [-0.4, -0.2) is 10.8 Å². The van der Waals surface area contributed by atoms with Gasteiger partial charge >= 0.3 is 0 Å². The second kappa shape index (κ2) is 4.86. The maximum absolute atomic E-state index is 5.70. The van der Waals surface area contributed by atoms with Crippen LogP contribution in [0.2, 0.25) is 0 Å². The zero-order valence-corrected chi connectivity index (χ0v) is 10.7. The Morgan fingerprint density at radius 1 is 1.00 bits per heavy atom. The molecule has 2 aromatic carbocycles. The van der Waals surface area contributed by atoms with E-state index in [0.29, 0.717) is 0 Å². The predicted octanol–water partition coefficient (Wildman–Crippen LogP) is 3.50. The number of rotatable bonds is 2. The lowest BCUT2D eigenvalue weighted by Gasteiger charge is -2.05. The second-order valence-electron chi connectivity index (χ2n) is 4.29. The molecule has 0 bridgehead atoms. The van der Waals surface area contributed by atoms with Crippen LogP contribution >= 0.6 is 11.8 Å². The van der Waals surface area contributed by atoms with E-state index in [4.69, 9.17) is 10.7 Å². The molecule has 1 aliphatic heterocycles. The number of nitrogen functional groups attached to an aromatic ring is 1. The van der Waals surface area contributed by atoms with E-state index in [1.165, 1.54) is 11.1 Å². The Morgan fingerprint density at radius 2 is 1.72 bits per heavy atom. The van der Waals surface area contributed by atoms with E-state index in [9.17, 15) is 0 Å². The fourth-order valence-corrected chi connectivity index (χ4v) is 3.09. The Morgan fingerprint density at radius 3 is 2.44 bits per heavy atom. The minimum absolute atomic E-state index is 0.255. The predicted molar refractivity (Wildman–Crippen MR) is 79.0 cm³/mol. The number of hydrogen-bond acceptors (Lipinski definition) is 3. The average molecular weight is 254 g/mol. The van der Waals surface area contributed by atoms with Gasteiger partial charge in [-0.15, -0.1) is 11.8 Å². The number of benzene rings is 2. The summed E-state index contributed by atoms with van der Waals surface area (Å²) in [7, 11) is 0. The lowest BCUT2D eigenvalue weighted by molar-refractivity contribution is 0.850. The summed E-state index contributed by atoms with van der Waals surface area (Å²) >= 11 is 1.82. The Balaban J connectivity index is 1.85. The summed E-state index contributed by atoms with van der Waals surface area (Å²) in [5.41, 5.74) is 8.95. The van der Waals surface area contributed by atoms with Crippen molar-refractivity contribution in [1.82, 2.24) is 0 Å². The molecular weight excluding hydrogens is 240 g/mol. The molecule has 0 aromatic heterocycles. The molecule has 2 aromatic rings. The molecule has 1 heterocycles. The van der Waals surface area contributed by atoms with Gasteiger partial charge in [-0.1, -0.05) is 42.5 Å². The third-order valence-electron chi connectivity index (χ3n) is 2.99. The molecule has 0 aliphatic carbocycles. The van der Waals surface area contributed by atoms with E-state index in [0.717, 1.165) is 16.5 Å². The van der Waals surface area contributed by atoms with Crippen LogP contribution in [-0.2, 0) is 0 Å². The molecule has 1 atom stereocenters. The highest BCUT2D eigenvalue weighted by Gasteiger charge is 2.20. The smallest absolute Gasteiger partial charge is 0.0985 e. The quantitative estimate of drug-likeness (QED) is 0.833. The molecule has 3 rings (SSSR count). The van der Waals surface area contributed by atoms with Gasteiger partial charge < -0.3 is 5.73 Å². The zero-order chi connectivity index (χ0) is 12.4. The maximum atomic E-state index is 5.70. The van der Waals surface area contributed by atoms with E-state index in [2.05, 4.69) is 36.4 Å². The van der Waals surface area contributed by atoms with Gasteiger partial charge in [0.2, 0.25) is 0 Å². The van der Waals surface area contributed by atoms with E-state index < -0.39 is 0 Å². The Bertz CT molecular complexity index is 561. The van der Waals surface area contributed by atoms with Crippen LogP contribution in [0.3, 0.4) is 0 Å². The Labute approximate surface area is 111 Å². The molecule has 0 radical (unpaired) electrons. The van der Waals surface area contributed by atoms with E-state index in [1.807, 2.05) is 30.0 Å². The number of hydrogen-bond donors (Lipinski definition) is 1. The van der Waals surface area contributed by atoms with Crippen molar-refractivity contribution < 1.29 is 0 Å². The molecule has 18 heavy (non-hydrogen) atoms. The van der Waals surface area contributed by atoms with Gasteiger partial charge in [0, 0.05) is 17.0 Å². The molecule has 1 aliphatic rings. The van der Waals surface area contributed by atoms with Gasteiger partial charge in [-0.3, -0.25) is 4.99 Å². The number of anilines is 1. The third-order valence-corrected chi connectivity index (χ3v) is 4.09. The molecule has 1 unspecified atom stereocenters. The topological polar surface area (TPSA) is 38.4 Å². The van der Waals surface area contributed by atoms with Crippen LogP contribution in [0, 0.1) is 0 Å². The third kappa shape index (κ3) is 2.27. The molecular formula is C15H14N2S. The van der Waals surface area contributed by atoms with Crippen molar-refractivity contribution in [1.29, 1.82) is 0 Å². The largest absolute Gasteiger partial charge is 0.399 e. The first-order valence-electron chi connectivity index (χ1n) is 5.94. The van der Waals surface area contributed by atoms with Crippen molar-refractivity contribution >= 4 is 22.5 Å². The van der Waals surface area contributed by atoms with E-state index in [-0.39, 0.29) is 6.04 Å². The highest BCUT2D eigenvalue weighted by molar-refractivity contribution is 8.14. The van der Waals surface area contributed by atoms with E-state index >= 15 is 0 Å². The van der Waals surface area contributed by atoms with Gasteiger partial charge in [-0.05, 0) is 17.7 Å². The minimum atomic E-state index is 0.255. The second-order valence-corrected chi connectivity index (χ2v) is 5.30. The first-order chi connectivity index (χ1) is 8.83. The van der Waals surface area contributed by atoms with E-state index in [1.54, 1.807) is 0 Å². The van der Waals surface area contributed by atoms with Crippen LogP contribution in [0.25, 0.3) is 0 Å². The van der Waals surface area contributed by atoms with Gasteiger partial charge in [0.05, 0.1) is 11.1 Å². The maximum Gasteiger partial charge on any atom is 0.0985 e. The number of nitrogens with zero attached hydrogens (tertiary/aromatic N) is 1. The summed E-state index contributed by atoms with van der Waals surface area (Å²) in [6, 6.07) is 18.6. The summed E-state index contributed by atoms with van der Waals surface area (Å²) in [6.45, 7) is 0. The molecule has 90 valence electrons. The highest BCUT2D eigenvalue weighted by atomic mass is 32.2. The molecule has 2 nitrogen and oxygen atoms in total. The summed E-state index contributed by atoms with van der Waals surface area (Å²) in [4.78, 5) is 4.80. The van der Waals surface area contributed by atoms with Gasteiger partial charge in [0.1, 0.15) is 0 Å². The fourth-order valence-electron chi connectivity index (χ4n) is 2.00. The Kier molecular flexibility index (Phi) is 3.07. The summed E-state index contributed by atoms with van der Waals surface area (Å²) in [5.74, 6) is 1.01. The molecule has 0 amide bonds. The Hall–Kier alpha value is -1.74. The normalized spacial score (nSPS) is 18.7. The van der Waals surface area contributed by atoms with Crippen LogP contribution in [0.4, 0.5) is 5.69 Å². The number of nitrogens with two attached hydrogens (primary N) is 1. The van der Waals surface area contributed by atoms with Crippen molar-refractivity contribution in [2.24, 2.45) is 4.99 Å². The van der Waals surface area contributed by atoms with Crippen LogP contribution in [0.15, 0.2) is 59.6 Å². The molecule has 0 saturated heterocycles. The van der Waals surface area contributed by atoms with Crippen molar-refractivity contribution in [3.8, 4) is 0 Å². The summed E-state index contributed by atoms with van der Waals surface area (Å²) in [6.07, 6.45) is 0. The number of thioether (sulfide) groups is 1. The van der Waals surface area contributed by atoms with Gasteiger partial charge in [-0.25, -0.2) is 0 Å². The summed E-state index contributed by atoms with van der Waals surface area (Å²) in [5, 5.41) is 1.14. The van der Waals surface area contributed by atoms with Crippen molar-refractivity contribution in [3.63, 3.8) is 0 Å². The SMILES string of the molecule is Nc1ccc(C2CSC(c3ccccc3)=N2)cc1. The van der Waals surface area contributed by atoms with Crippen LogP contribution in [0.5, 0.6) is 0 Å². The molecule has 3 heteroatoms. The molecule has 2 N–H and O–H groups in total. The van der Waals surface area contributed by atoms with Crippen LogP contribution < -0.4 is 5.73 Å². The first kappa shape index (κ1) is 11.4. The zero-order valence-electron chi connectivity index (χ0n) is 9.91. The van der Waals surface area contributed by atoms with Crippen molar-refractivity contribution in [2.75, 3.05) is 11.5 Å². The average Bonchev–Trinajstić information content (AvgIpc) is 2.90. The number of aliphatic imine (C=N–C) groups is 1. The molecule has 0 fully saturated rings. The van der Waals surface area contributed by atoms with Crippen molar-refractivity contribution in [3.05, 3.63) is 65.7 Å². The summed E-state index contributed by atoms with van der Waals surface area (Å²) < 4.78 is 0. The van der Waals surface area contributed by atoms with Crippen LogP contribution in [0.1, 0.15) is 17.2 Å². The standard InChI is InChI=1S/C15H14N2S/c16-13-8-6-11(7-9-13)14-10-18-15(17-14)12-4-2-1-3-5-12/h1-9,14H,10,16H2. The molecule has 0 spiro atoms. The lowest BCUT2D eigenvalue weighted by Crippen LogP contribution is -1.94. The van der Waals surface area contributed by atoms with Gasteiger partial charge in [0.25, 0.3) is 0 Å². The highest BCUT2D eigenvalue weighted by Crippen LogP contribution is 2.33. The van der Waals surface area contributed by atoms with Crippen molar-refractivity contribution in [2.45, 2.75) is 6.04 Å². The first-order valence-corrected chi connectivity index (χ1v) is 6.93. The van der Waals surface area contributed by atoms with Gasteiger partial charge in [-0.2, -0.15) is 0 Å². The lowest BCUT2D eigenvalue weighted by atomic mass is 10.1. The van der Waals surface area contributed by atoms with Gasteiger partial charge in [0.15, 0.2) is 0 Å².